The lowest BCUT2D eigenvalue weighted by atomic mass is 10.0. The average molecular weight is 372 g/mol. The molecule has 1 N–H and O–H groups in total. The van der Waals surface area contributed by atoms with Crippen molar-refractivity contribution in [3.63, 3.8) is 0 Å². The molecule has 0 radical (unpaired) electrons. The highest BCUT2D eigenvalue weighted by molar-refractivity contribution is 7.91. The predicted molar refractivity (Wildman–Crippen MR) is 99.9 cm³/mol. The number of carbonyl (C=O) groups is 1. The van der Waals surface area contributed by atoms with Crippen LogP contribution in [0.1, 0.15) is 25.8 Å². The van der Waals surface area contributed by atoms with Crippen molar-refractivity contribution < 1.29 is 23.1 Å². The van der Waals surface area contributed by atoms with E-state index in [1.807, 2.05) is 38.1 Å². The molecule has 2 aromatic carbocycles. The van der Waals surface area contributed by atoms with Crippen molar-refractivity contribution in [2.75, 3.05) is 5.75 Å². The molecule has 26 heavy (non-hydrogen) atoms. The quantitative estimate of drug-likeness (QED) is 0.883. The molecule has 0 aromatic heterocycles. The molecule has 0 bridgehead atoms. The largest absolute Gasteiger partial charge is 0.491 e. The predicted octanol–water partition coefficient (Wildman–Crippen LogP) is 3.79. The fourth-order valence-corrected chi connectivity index (χ4v) is 4.37. The summed E-state index contributed by atoms with van der Waals surface area (Å²) < 4.78 is 30.5. The van der Waals surface area contributed by atoms with Gasteiger partial charge in [-0.05, 0) is 67.3 Å². The van der Waals surface area contributed by atoms with E-state index < -0.39 is 15.8 Å². The minimum absolute atomic E-state index is 0.00289. The van der Waals surface area contributed by atoms with Gasteiger partial charge in [-0.2, -0.15) is 0 Å². The van der Waals surface area contributed by atoms with Crippen molar-refractivity contribution >= 4 is 21.9 Å². The summed E-state index contributed by atoms with van der Waals surface area (Å²) in [5, 5.41) is 9.27. The first kappa shape index (κ1) is 18.2. The summed E-state index contributed by atoms with van der Waals surface area (Å²) in [4.78, 5) is 11.5. The lowest BCUT2D eigenvalue weighted by Gasteiger charge is -2.11. The number of hydrogen-bond acceptors (Lipinski definition) is 4. The van der Waals surface area contributed by atoms with Gasteiger partial charge in [0.2, 0.25) is 0 Å². The molecule has 0 aliphatic carbocycles. The molecule has 6 heteroatoms. The molecule has 5 nitrogen and oxygen atoms in total. The van der Waals surface area contributed by atoms with E-state index in [1.165, 1.54) is 6.08 Å². The van der Waals surface area contributed by atoms with Crippen molar-refractivity contribution in [2.45, 2.75) is 31.3 Å². The molecule has 0 saturated heterocycles. The Labute approximate surface area is 152 Å². The fourth-order valence-electron chi connectivity index (χ4n) is 2.90. The Bertz CT molecular complexity index is 970. The summed E-state index contributed by atoms with van der Waals surface area (Å²) in [5.41, 5.74) is 2.24. The van der Waals surface area contributed by atoms with E-state index in [0.717, 1.165) is 16.9 Å². The first-order valence-electron chi connectivity index (χ1n) is 8.34. The summed E-state index contributed by atoms with van der Waals surface area (Å²) in [6.07, 6.45) is 1.54. The van der Waals surface area contributed by atoms with Crippen LogP contribution in [0.15, 0.2) is 52.9 Å². The number of carboxylic acids is 1. The second-order valence-corrected chi connectivity index (χ2v) is 8.56. The van der Waals surface area contributed by atoms with Gasteiger partial charge in [-0.25, -0.2) is 13.2 Å². The molecule has 3 rings (SSSR count). The summed E-state index contributed by atoms with van der Waals surface area (Å²) >= 11 is 0. The van der Waals surface area contributed by atoms with E-state index in [1.54, 1.807) is 18.2 Å². The maximum Gasteiger partial charge on any atom is 0.331 e. The molecule has 0 amide bonds. The smallest absolute Gasteiger partial charge is 0.331 e. The zero-order valence-corrected chi connectivity index (χ0v) is 15.4. The third-order valence-electron chi connectivity index (χ3n) is 4.15. The number of sulfone groups is 1. The maximum atomic E-state index is 12.4. The van der Waals surface area contributed by atoms with Gasteiger partial charge in [-0.3, -0.25) is 0 Å². The van der Waals surface area contributed by atoms with Crippen molar-refractivity contribution in [2.24, 2.45) is 0 Å². The van der Waals surface area contributed by atoms with Gasteiger partial charge in [0, 0.05) is 5.57 Å². The van der Waals surface area contributed by atoms with Crippen LogP contribution in [0.4, 0.5) is 0 Å². The van der Waals surface area contributed by atoms with Gasteiger partial charge in [-0.1, -0.05) is 18.2 Å². The molecule has 0 spiro atoms. The number of hydrogen-bond donors (Lipinski definition) is 1. The van der Waals surface area contributed by atoms with Crippen molar-refractivity contribution in [1.82, 2.24) is 0 Å². The Kier molecular flexibility index (Phi) is 4.87. The lowest BCUT2D eigenvalue weighted by molar-refractivity contribution is -0.132. The molecular weight excluding hydrogens is 352 g/mol. The molecule has 0 atom stereocenters. The van der Waals surface area contributed by atoms with Gasteiger partial charge in [0.05, 0.1) is 16.8 Å². The second kappa shape index (κ2) is 6.96. The lowest BCUT2D eigenvalue weighted by Crippen LogP contribution is -2.08. The summed E-state index contributed by atoms with van der Waals surface area (Å²) in [7, 11) is -3.50. The number of fused-ring (bicyclic) bond motifs is 1. The average Bonchev–Trinajstić information content (AvgIpc) is 2.71. The molecular formula is C20H20O5S. The molecule has 136 valence electrons. The van der Waals surface area contributed by atoms with Crippen LogP contribution < -0.4 is 4.74 Å². The van der Waals surface area contributed by atoms with Crippen LogP contribution in [0.2, 0.25) is 0 Å². The molecule has 0 unspecified atom stereocenters. The topological polar surface area (TPSA) is 80.7 Å². The van der Waals surface area contributed by atoms with Gasteiger partial charge in [0.25, 0.3) is 0 Å². The van der Waals surface area contributed by atoms with E-state index in [4.69, 9.17) is 4.74 Å². The van der Waals surface area contributed by atoms with E-state index >= 15 is 0 Å². The SMILES string of the molecule is CC(C)Oc1ccc(-c2ccc3c(c2)C=C(C(=O)O)CCS3(=O)=O)cc1. The van der Waals surface area contributed by atoms with Gasteiger partial charge < -0.3 is 9.84 Å². The zero-order valence-electron chi connectivity index (χ0n) is 14.6. The first-order valence-corrected chi connectivity index (χ1v) is 9.99. The number of benzene rings is 2. The Morgan fingerprint density at radius 3 is 2.35 bits per heavy atom. The molecule has 0 fully saturated rings. The molecule has 0 saturated carbocycles. The van der Waals surface area contributed by atoms with Crippen LogP contribution in [-0.2, 0) is 14.6 Å². The Morgan fingerprint density at radius 2 is 1.73 bits per heavy atom. The highest BCUT2D eigenvalue weighted by atomic mass is 32.2. The normalized spacial score (nSPS) is 15.7. The summed E-state index contributed by atoms with van der Waals surface area (Å²) in [6, 6.07) is 12.5. The standard InChI is InChI=1S/C20H20O5S/c1-13(2)25-18-6-3-14(4-7-18)15-5-8-19-17(11-15)12-16(20(21)22)9-10-26(19,23)24/h3-8,11-13H,9-10H2,1-2H3,(H,21,22). The zero-order chi connectivity index (χ0) is 18.9. The van der Waals surface area contributed by atoms with Crippen LogP contribution in [0.5, 0.6) is 5.75 Å². The van der Waals surface area contributed by atoms with E-state index in [-0.39, 0.29) is 28.7 Å². The fraction of sp³-hybridized carbons (Fsp3) is 0.250. The molecule has 1 aliphatic rings. The maximum absolute atomic E-state index is 12.4. The van der Waals surface area contributed by atoms with Gasteiger partial charge >= 0.3 is 5.97 Å². The van der Waals surface area contributed by atoms with Crippen LogP contribution in [0, 0.1) is 0 Å². The molecule has 2 aromatic rings. The van der Waals surface area contributed by atoms with Crippen molar-refractivity contribution in [3.8, 4) is 16.9 Å². The van der Waals surface area contributed by atoms with Gasteiger partial charge in [0.1, 0.15) is 5.75 Å². The van der Waals surface area contributed by atoms with Gasteiger partial charge in [0.15, 0.2) is 9.84 Å². The van der Waals surface area contributed by atoms with Crippen LogP contribution in [0.25, 0.3) is 17.2 Å². The third kappa shape index (κ3) is 3.80. The second-order valence-electron chi connectivity index (χ2n) is 6.49. The van der Waals surface area contributed by atoms with E-state index in [9.17, 15) is 18.3 Å². The first-order chi connectivity index (χ1) is 12.3. The van der Waals surface area contributed by atoms with Crippen molar-refractivity contribution in [1.29, 1.82) is 0 Å². The third-order valence-corrected chi connectivity index (χ3v) is 5.93. The Hall–Kier alpha value is -2.60. The summed E-state index contributed by atoms with van der Waals surface area (Å²) in [5.74, 6) is -0.526. The van der Waals surface area contributed by atoms with Gasteiger partial charge in [-0.15, -0.1) is 0 Å². The number of ether oxygens (including phenoxy) is 1. The van der Waals surface area contributed by atoms with Crippen LogP contribution >= 0.6 is 0 Å². The van der Waals surface area contributed by atoms with Crippen LogP contribution in [0.3, 0.4) is 0 Å². The number of carboxylic acid groups (broad SMARTS) is 1. The van der Waals surface area contributed by atoms with E-state index in [2.05, 4.69) is 0 Å². The number of aliphatic carboxylic acids is 1. The molecule has 1 aliphatic heterocycles. The van der Waals surface area contributed by atoms with E-state index in [0.29, 0.717) is 5.56 Å². The minimum Gasteiger partial charge on any atom is -0.491 e. The monoisotopic (exact) mass is 372 g/mol. The van der Waals surface area contributed by atoms with Crippen LogP contribution in [-0.4, -0.2) is 31.4 Å². The Morgan fingerprint density at radius 1 is 1.08 bits per heavy atom. The highest BCUT2D eigenvalue weighted by Gasteiger charge is 2.24. The Balaban J connectivity index is 2.04. The highest BCUT2D eigenvalue weighted by Crippen LogP contribution is 2.31. The van der Waals surface area contributed by atoms with Crippen molar-refractivity contribution in [3.05, 3.63) is 53.6 Å². The minimum atomic E-state index is -3.50. The number of rotatable bonds is 4. The summed E-state index contributed by atoms with van der Waals surface area (Å²) in [6.45, 7) is 3.90. The molecule has 1 heterocycles.